The molecule has 0 spiro atoms. The highest BCUT2D eigenvalue weighted by atomic mass is 32.2. The molecular weight excluding hydrogens is 402 g/mol. The summed E-state index contributed by atoms with van der Waals surface area (Å²) in [5.74, 6) is 2.78. The van der Waals surface area contributed by atoms with Crippen molar-refractivity contribution in [3.05, 3.63) is 84.2 Å². The Morgan fingerprint density at radius 2 is 1.83 bits per heavy atom. The van der Waals surface area contributed by atoms with Gasteiger partial charge in [-0.25, -0.2) is 5.43 Å². The van der Waals surface area contributed by atoms with E-state index in [0.29, 0.717) is 10.3 Å². The smallest absolute Gasteiger partial charge is 0.277 e. The Labute approximate surface area is 178 Å². The van der Waals surface area contributed by atoms with E-state index in [0.717, 1.165) is 11.4 Å². The summed E-state index contributed by atoms with van der Waals surface area (Å²) in [5, 5.41) is 4.05. The van der Waals surface area contributed by atoms with Gasteiger partial charge in [0.05, 0.1) is 16.5 Å². The molecule has 1 fully saturated rings. The number of benzene rings is 2. The zero-order chi connectivity index (χ0) is 19.9. The summed E-state index contributed by atoms with van der Waals surface area (Å²) in [6, 6.07) is 21.8. The van der Waals surface area contributed by atoms with E-state index in [-0.39, 0.29) is 12.5 Å². The van der Waals surface area contributed by atoms with Crippen molar-refractivity contribution in [3.63, 3.8) is 0 Å². The van der Waals surface area contributed by atoms with Crippen LogP contribution in [0.15, 0.2) is 78.0 Å². The Morgan fingerprint density at radius 3 is 2.59 bits per heavy atom. The average Bonchev–Trinajstić information content (AvgIpc) is 3.46. The fourth-order valence-electron chi connectivity index (χ4n) is 2.95. The van der Waals surface area contributed by atoms with Crippen LogP contribution >= 0.6 is 23.5 Å². The van der Waals surface area contributed by atoms with Crippen molar-refractivity contribution >= 4 is 35.6 Å². The fraction of sp³-hybridized carbons (Fsp3) is 0.182. The highest BCUT2D eigenvalue weighted by molar-refractivity contribution is 8.19. The number of rotatable bonds is 7. The lowest BCUT2D eigenvalue weighted by Crippen LogP contribution is -2.24. The molecule has 0 aliphatic carbocycles. The summed E-state index contributed by atoms with van der Waals surface area (Å²) in [7, 11) is 0. The molecule has 1 amide bonds. The van der Waals surface area contributed by atoms with E-state index in [1.165, 1.54) is 17.1 Å². The number of hydrazone groups is 1. The number of hydrogen-bond acceptors (Lipinski definition) is 5. The van der Waals surface area contributed by atoms with E-state index in [2.05, 4.69) is 22.7 Å². The lowest BCUT2D eigenvalue weighted by Gasteiger charge is -2.10. The summed E-state index contributed by atoms with van der Waals surface area (Å²) < 4.78 is 8.07. The van der Waals surface area contributed by atoms with Gasteiger partial charge in [-0.3, -0.25) is 4.79 Å². The molecule has 0 saturated carbocycles. The second-order valence-corrected chi connectivity index (χ2v) is 9.09. The zero-order valence-electron chi connectivity index (χ0n) is 15.7. The van der Waals surface area contributed by atoms with Crippen molar-refractivity contribution in [1.82, 2.24) is 9.99 Å². The lowest BCUT2D eigenvalue weighted by molar-refractivity contribution is -0.123. The van der Waals surface area contributed by atoms with E-state index in [1.54, 1.807) is 6.21 Å². The maximum atomic E-state index is 12.0. The molecule has 0 radical (unpaired) electrons. The SMILES string of the molecule is O=C(COc1ccc(C2SCCS2)cc1)N/N=C\c1cccn1-c1ccccc1. The molecule has 2 aromatic carbocycles. The normalized spacial score (nSPS) is 14.3. The number of ether oxygens (including phenoxy) is 1. The third-order valence-corrected chi connectivity index (χ3v) is 7.45. The third-order valence-electron chi connectivity index (χ3n) is 4.34. The van der Waals surface area contributed by atoms with Gasteiger partial charge in [0.1, 0.15) is 5.75 Å². The van der Waals surface area contributed by atoms with Gasteiger partial charge in [-0.15, -0.1) is 23.5 Å². The van der Waals surface area contributed by atoms with Crippen LogP contribution in [0.4, 0.5) is 0 Å². The molecule has 1 saturated heterocycles. The number of aromatic nitrogens is 1. The van der Waals surface area contributed by atoms with E-state index in [4.69, 9.17) is 4.74 Å². The lowest BCUT2D eigenvalue weighted by atomic mass is 10.2. The average molecular weight is 424 g/mol. The van der Waals surface area contributed by atoms with Gasteiger partial charge in [-0.1, -0.05) is 30.3 Å². The Hall–Kier alpha value is -2.64. The molecule has 3 aromatic rings. The van der Waals surface area contributed by atoms with Gasteiger partial charge in [0, 0.05) is 23.4 Å². The van der Waals surface area contributed by atoms with E-state index < -0.39 is 0 Å². The van der Waals surface area contributed by atoms with Gasteiger partial charge in [0.25, 0.3) is 5.91 Å². The molecular formula is C22H21N3O2S2. The minimum absolute atomic E-state index is 0.0800. The molecule has 0 bridgehead atoms. The summed E-state index contributed by atoms with van der Waals surface area (Å²) in [6.07, 6.45) is 3.57. The summed E-state index contributed by atoms with van der Waals surface area (Å²) in [6.45, 7) is -0.0800. The van der Waals surface area contributed by atoms with Crippen molar-refractivity contribution < 1.29 is 9.53 Å². The highest BCUT2D eigenvalue weighted by Gasteiger charge is 2.17. The van der Waals surface area contributed by atoms with Gasteiger partial charge < -0.3 is 9.30 Å². The number of nitrogens with zero attached hydrogens (tertiary/aromatic N) is 2. The number of nitrogens with one attached hydrogen (secondary N) is 1. The molecule has 1 aliphatic rings. The Balaban J connectivity index is 1.27. The largest absolute Gasteiger partial charge is 0.484 e. The van der Waals surface area contributed by atoms with Gasteiger partial charge in [0.2, 0.25) is 0 Å². The third kappa shape index (κ3) is 5.25. The molecule has 29 heavy (non-hydrogen) atoms. The number of hydrogen-bond donors (Lipinski definition) is 1. The molecule has 1 aliphatic heterocycles. The van der Waals surface area contributed by atoms with Crippen LogP contribution in [0.2, 0.25) is 0 Å². The van der Waals surface area contributed by atoms with Crippen LogP contribution in [0, 0.1) is 0 Å². The second kappa shape index (κ2) is 9.71. The van der Waals surface area contributed by atoms with Crippen molar-refractivity contribution in [2.45, 2.75) is 4.58 Å². The molecule has 7 heteroatoms. The summed E-state index contributed by atoms with van der Waals surface area (Å²) in [5.41, 5.74) is 5.71. The topological polar surface area (TPSA) is 55.6 Å². The zero-order valence-corrected chi connectivity index (χ0v) is 17.4. The maximum Gasteiger partial charge on any atom is 0.277 e. The van der Waals surface area contributed by atoms with Gasteiger partial charge >= 0.3 is 0 Å². The molecule has 1 aromatic heterocycles. The predicted molar refractivity (Wildman–Crippen MR) is 121 cm³/mol. The predicted octanol–water partition coefficient (Wildman–Crippen LogP) is 4.49. The molecule has 2 heterocycles. The van der Waals surface area contributed by atoms with Crippen molar-refractivity contribution in [2.24, 2.45) is 5.10 Å². The monoisotopic (exact) mass is 423 g/mol. The van der Waals surface area contributed by atoms with Crippen molar-refractivity contribution in [2.75, 3.05) is 18.1 Å². The number of thioether (sulfide) groups is 2. The Kier molecular flexibility index (Phi) is 6.59. The van der Waals surface area contributed by atoms with Crippen molar-refractivity contribution in [1.29, 1.82) is 0 Å². The molecule has 148 valence electrons. The van der Waals surface area contributed by atoms with Gasteiger partial charge in [-0.2, -0.15) is 5.10 Å². The van der Waals surface area contributed by atoms with Crippen LogP contribution in [-0.2, 0) is 4.79 Å². The molecule has 4 rings (SSSR count). The molecule has 1 N–H and O–H groups in total. The van der Waals surface area contributed by atoms with Crippen LogP contribution in [-0.4, -0.2) is 34.8 Å². The van der Waals surface area contributed by atoms with Gasteiger partial charge in [-0.05, 0) is 42.0 Å². The van der Waals surface area contributed by atoms with Crippen molar-refractivity contribution in [3.8, 4) is 11.4 Å². The molecule has 0 atom stereocenters. The first-order chi connectivity index (χ1) is 14.3. The first kappa shape index (κ1) is 19.7. The molecule has 0 unspecified atom stereocenters. The quantitative estimate of drug-likeness (QED) is 0.450. The first-order valence-electron chi connectivity index (χ1n) is 9.30. The van der Waals surface area contributed by atoms with Crippen LogP contribution in [0.5, 0.6) is 5.75 Å². The second-order valence-electron chi connectivity index (χ2n) is 6.36. The van der Waals surface area contributed by atoms with Crippen LogP contribution in [0.1, 0.15) is 15.8 Å². The number of carbonyl (C=O) groups is 1. The van der Waals surface area contributed by atoms with E-state index >= 15 is 0 Å². The first-order valence-corrected chi connectivity index (χ1v) is 11.4. The van der Waals surface area contributed by atoms with Gasteiger partial charge in [0.15, 0.2) is 6.61 Å². The standard InChI is InChI=1S/C22H21N3O2S2/c26-21(16-27-20-10-8-17(9-11-20)22-28-13-14-29-22)24-23-15-19-7-4-12-25(19)18-5-2-1-3-6-18/h1-12,15,22H,13-14,16H2,(H,24,26)/b23-15-. The summed E-state index contributed by atoms with van der Waals surface area (Å²) in [4.78, 5) is 12.0. The number of amides is 1. The van der Waals surface area contributed by atoms with E-state index in [9.17, 15) is 4.79 Å². The minimum atomic E-state index is -0.301. The maximum absolute atomic E-state index is 12.0. The van der Waals surface area contributed by atoms with Crippen LogP contribution in [0.25, 0.3) is 5.69 Å². The number of carbonyl (C=O) groups excluding carboxylic acids is 1. The number of para-hydroxylation sites is 1. The fourth-order valence-corrected chi connectivity index (χ4v) is 5.81. The Morgan fingerprint density at radius 1 is 1.07 bits per heavy atom. The molecule has 5 nitrogen and oxygen atoms in total. The van der Waals surface area contributed by atoms with E-state index in [1.807, 2.05) is 88.9 Å². The highest BCUT2D eigenvalue weighted by Crippen LogP contribution is 2.45. The summed E-state index contributed by atoms with van der Waals surface area (Å²) >= 11 is 3.93. The minimum Gasteiger partial charge on any atom is -0.484 e. The van der Waals surface area contributed by atoms with Crippen LogP contribution in [0.3, 0.4) is 0 Å². The van der Waals surface area contributed by atoms with Crippen LogP contribution < -0.4 is 10.2 Å². The Bertz CT molecular complexity index is 965.